The van der Waals surface area contributed by atoms with Crippen molar-refractivity contribution in [1.82, 2.24) is 4.98 Å². The molecule has 0 aliphatic carbocycles. The van der Waals surface area contributed by atoms with Gasteiger partial charge in [0.1, 0.15) is 11.6 Å². The van der Waals surface area contributed by atoms with Crippen LogP contribution in [0.1, 0.15) is 10.4 Å². The van der Waals surface area contributed by atoms with Gasteiger partial charge in [-0.3, -0.25) is 9.78 Å². The first-order valence-electron chi connectivity index (χ1n) is 7.36. The minimum absolute atomic E-state index is 0.0845. The maximum absolute atomic E-state index is 13.6. The number of hydrogen-bond acceptors (Lipinski definition) is 3. The van der Waals surface area contributed by atoms with Crippen LogP contribution in [0.4, 0.5) is 34.6 Å². The number of amides is 1. The third-order valence-electron chi connectivity index (χ3n) is 3.39. The molecule has 0 spiro atoms. The lowest BCUT2D eigenvalue weighted by Gasteiger charge is -2.09. The van der Waals surface area contributed by atoms with Gasteiger partial charge in [0.2, 0.25) is 0 Å². The molecule has 0 unspecified atom stereocenters. The van der Waals surface area contributed by atoms with Gasteiger partial charge < -0.3 is 10.6 Å². The number of nitrogens with one attached hydrogen (secondary N) is 2. The summed E-state index contributed by atoms with van der Waals surface area (Å²) in [6.45, 7) is 0. The average Bonchev–Trinajstić information content (AvgIpc) is 2.61. The van der Waals surface area contributed by atoms with E-state index in [9.17, 15) is 22.4 Å². The van der Waals surface area contributed by atoms with Gasteiger partial charge in [0, 0.05) is 24.0 Å². The van der Waals surface area contributed by atoms with Gasteiger partial charge in [0.05, 0.1) is 23.1 Å². The number of nitrogens with zero attached hydrogens (tertiary/aromatic N) is 1. The zero-order chi connectivity index (χ0) is 18.7. The number of carbonyl (C=O) groups is 1. The van der Waals surface area contributed by atoms with Crippen LogP contribution in [-0.2, 0) is 0 Å². The Hall–Kier alpha value is -3.42. The highest BCUT2D eigenvalue weighted by Gasteiger charge is 2.11. The van der Waals surface area contributed by atoms with E-state index in [4.69, 9.17) is 0 Å². The van der Waals surface area contributed by atoms with Gasteiger partial charge in [-0.1, -0.05) is 0 Å². The predicted octanol–water partition coefficient (Wildman–Crippen LogP) is 4.63. The fourth-order valence-corrected chi connectivity index (χ4v) is 2.16. The van der Waals surface area contributed by atoms with E-state index in [0.717, 1.165) is 24.3 Å². The fourth-order valence-electron chi connectivity index (χ4n) is 2.16. The Morgan fingerprint density at radius 2 is 1.62 bits per heavy atom. The summed E-state index contributed by atoms with van der Waals surface area (Å²) in [7, 11) is 0. The van der Waals surface area contributed by atoms with Crippen molar-refractivity contribution >= 4 is 23.0 Å². The first-order chi connectivity index (χ1) is 12.4. The highest BCUT2D eigenvalue weighted by atomic mass is 19.2. The molecule has 26 heavy (non-hydrogen) atoms. The zero-order valence-electron chi connectivity index (χ0n) is 13.1. The van der Waals surface area contributed by atoms with E-state index in [1.54, 1.807) is 0 Å². The Labute approximate surface area is 145 Å². The summed E-state index contributed by atoms with van der Waals surface area (Å²) in [6, 6.07) is 7.38. The lowest BCUT2D eigenvalue weighted by Crippen LogP contribution is -2.13. The van der Waals surface area contributed by atoms with E-state index in [0.29, 0.717) is 11.8 Å². The number of pyridine rings is 1. The van der Waals surface area contributed by atoms with E-state index in [1.807, 2.05) is 0 Å². The molecule has 1 heterocycles. The van der Waals surface area contributed by atoms with Gasteiger partial charge in [-0.05, 0) is 30.3 Å². The van der Waals surface area contributed by atoms with E-state index >= 15 is 0 Å². The molecule has 0 atom stereocenters. The van der Waals surface area contributed by atoms with Crippen molar-refractivity contribution in [3.8, 4) is 0 Å². The smallest absolute Gasteiger partial charge is 0.257 e. The van der Waals surface area contributed by atoms with E-state index in [1.165, 1.54) is 24.5 Å². The summed E-state index contributed by atoms with van der Waals surface area (Å²) >= 11 is 0. The van der Waals surface area contributed by atoms with Crippen molar-refractivity contribution < 1.29 is 22.4 Å². The molecule has 1 amide bonds. The topological polar surface area (TPSA) is 54.0 Å². The molecule has 3 aromatic rings. The van der Waals surface area contributed by atoms with Crippen LogP contribution in [-0.4, -0.2) is 10.9 Å². The molecular formula is C18H11F4N3O. The largest absolute Gasteiger partial charge is 0.354 e. The molecule has 132 valence electrons. The summed E-state index contributed by atoms with van der Waals surface area (Å²) in [5.74, 6) is -4.36. The first kappa shape index (κ1) is 17.4. The molecule has 0 aliphatic heterocycles. The Bertz CT molecular complexity index is 978. The zero-order valence-corrected chi connectivity index (χ0v) is 13.1. The maximum atomic E-state index is 13.6. The molecule has 0 bridgehead atoms. The number of aromatic nitrogens is 1. The normalized spacial score (nSPS) is 10.5. The number of carbonyl (C=O) groups excluding carboxylic acids is 1. The molecule has 4 nitrogen and oxygen atoms in total. The predicted molar refractivity (Wildman–Crippen MR) is 88.2 cm³/mol. The molecule has 3 rings (SSSR count). The number of rotatable bonds is 4. The van der Waals surface area contributed by atoms with E-state index in [2.05, 4.69) is 15.6 Å². The molecule has 8 heteroatoms. The van der Waals surface area contributed by atoms with Crippen molar-refractivity contribution in [2.75, 3.05) is 10.6 Å². The molecule has 0 fully saturated rings. The first-order valence-corrected chi connectivity index (χ1v) is 7.36. The summed E-state index contributed by atoms with van der Waals surface area (Å²) in [6.07, 6.45) is 2.61. The van der Waals surface area contributed by atoms with Gasteiger partial charge in [-0.25, -0.2) is 17.6 Å². The van der Waals surface area contributed by atoms with Crippen LogP contribution in [0.15, 0.2) is 54.9 Å². The molecule has 1 aromatic heterocycles. The van der Waals surface area contributed by atoms with Crippen LogP contribution in [0, 0.1) is 23.3 Å². The van der Waals surface area contributed by atoms with Crippen LogP contribution in [0.5, 0.6) is 0 Å². The maximum Gasteiger partial charge on any atom is 0.257 e. The molecule has 2 N–H and O–H groups in total. The Balaban J connectivity index is 1.77. The number of benzene rings is 2. The van der Waals surface area contributed by atoms with E-state index in [-0.39, 0.29) is 16.9 Å². The lowest BCUT2D eigenvalue weighted by molar-refractivity contribution is 0.102. The monoisotopic (exact) mass is 361 g/mol. The molecule has 0 saturated carbocycles. The third kappa shape index (κ3) is 3.97. The third-order valence-corrected chi connectivity index (χ3v) is 3.39. The van der Waals surface area contributed by atoms with Crippen molar-refractivity contribution in [3.63, 3.8) is 0 Å². The second-order valence-corrected chi connectivity index (χ2v) is 5.29. The molecule has 0 aliphatic rings. The number of halogens is 4. The van der Waals surface area contributed by atoms with E-state index < -0.39 is 29.2 Å². The summed E-state index contributed by atoms with van der Waals surface area (Å²) in [4.78, 5) is 16.1. The molecule has 0 saturated heterocycles. The van der Waals surface area contributed by atoms with Crippen molar-refractivity contribution in [1.29, 1.82) is 0 Å². The van der Waals surface area contributed by atoms with Gasteiger partial charge in [-0.2, -0.15) is 0 Å². The van der Waals surface area contributed by atoms with Crippen LogP contribution >= 0.6 is 0 Å². The van der Waals surface area contributed by atoms with Gasteiger partial charge in [-0.15, -0.1) is 0 Å². The van der Waals surface area contributed by atoms with Gasteiger partial charge in [0.15, 0.2) is 11.6 Å². The van der Waals surface area contributed by atoms with Crippen molar-refractivity contribution in [2.45, 2.75) is 0 Å². The SMILES string of the molecule is O=C(Nc1ccc(F)cc1F)c1cncc(Nc2ccc(F)c(F)c2)c1. The van der Waals surface area contributed by atoms with Crippen LogP contribution in [0.25, 0.3) is 0 Å². The summed E-state index contributed by atoms with van der Waals surface area (Å²) < 4.78 is 52.7. The Morgan fingerprint density at radius 3 is 2.35 bits per heavy atom. The molecule has 0 radical (unpaired) electrons. The van der Waals surface area contributed by atoms with Gasteiger partial charge in [0.25, 0.3) is 5.91 Å². The highest BCUT2D eigenvalue weighted by Crippen LogP contribution is 2.20. The van der Waals surface area contributed by atoms with Crippen LogP contribution in [0.3, 0.4) is 0 Å². The van der Waals surface area contributed by atoms with Crippen LogP contribution in [0.2, 0.25) is 0 Å². The number of anilines is 3. The van der Waals surface area contributed by atoms with Crippen LogP contribution < -0.4 is 10.6 Å². The number of hydrogen-bond donors (Lipinski definition) is 2. The average molecular weight is 361 g/mol. The summed E-state index contributed by atoms with van der Waals surface area (Å²) in [5.41, 5.74) is 0.493. The summed E-state index contributed by atoms with van der Waals surface area (Å²) in [5, 5.41) is 5.08. The fraction of sp³-hybridized carbons (Fsp3) is 0. The minimum Gasteiger partial charge on any atom is -0.354 e. The Kier molecular flexibility index (Phi) is 4.83. The second-order valence-electron chi connectivity index (χ2n) is 5.29. The van der Waals surface area contributed by atoms with Crippen molar-refractivity contribution in [3.05, 3.63) is 83.7 Å². The minimum atomic E-state index is -1.02. The second kappa shape index (κ2) is 7.22. The standard InChI is InChI=1S/C18H11F4N3O/c19-11-1-4-17(16(22)6-11)25-18(26)10-5-13(9-23-8-10)24-12-2-3-14(20)15(21)7-12/h1-9,24H,(H,25,26). The molecule has 2 aromatic carbocycles. The Morgan fingerprint density at radius 1 is 0.808 bits per heavy atom. The van der Waals surface area contributed by atoms with Crippen molar-refractivity contribution in [2.24, 2.45) is 0 Å². The van der Waals surface area contributed by atoms with Gasteiger partial charge >= 0.3 is 0 Å². The highest BCUT2D eigenvalue weighted by molar-refractivity contribution is 6.04. The lowest BCUT2D eigenvalue weighted by atomic mass is 10.2. The molecular weight excluding hydrogens is 350 g/mol. The quantitative estimate of drug-likeness (QED) is 0.666.